The molecule has 472 valence electrons. The molecule has 0 fully saturated rings. The van der Waals surface area contributed by atoms with Crippen molar-refractivity contribution in [2.24, 2.45) is 10.3 Å². The molecule has 0 saturated carbocycles. The van der Waals surface area contributed by atoms with Gasteiger partial charge in [0.1, 0.15) is 45.1 Å². The molecule has 9 N–H and O–H groups in total. The summed E-state index contributed by atoms with van der Waals surface area (Å²) in [5, 5.41) is 34.5. The second kappa shape index (κ2) is 34.9. The lowest BCUT2D eigenvalue weighted by Gasteiger charge is -2.13. The summed E-state index contributed by atoms with van der Waals surface area (Å²) < 4.78 is 64.7. The third-order valence-electron chi connectivity index (χ3n) is 10.1. The van der Waals surface area contributed by atoms with Crippen molar-refractivity contribution in [3.05, 3.63) is 156 Å². The number of rotatable bonds is 10. The summed E-state index contributed by atoms with van der Waals surface area (Å²) in [7, 11) is -7.30. The summed E-state index contributed by atoms with van der Waals surface area (Å²) in [6.07, 6.45) is 6.64. The Balaban J connectivity index is 0.000000290. The fourth-order valence-corrected chi connectivity index (χ4v) is 10.1. The maximum Gasteiger partial charge on any atom is 0.238 e. The highest BCUT2D eigenvalue weighted by atomic mass is 79.9. The van der Waals surface area contributed by atoms with Crippen molar-refractivity contribution in [1.29, 1.82) is 0 Å². The number of hydrogen-bond acceptors (Lipinski definition) is 19. The lowest BCUT2D eigenvalue weighted by molar-refractivity contribution is 0.216. The van der Waals surface area contributed by atoms with Crippen molar-refractivity contribution in [1.82, 2.24) is 39.9 Å². The second-order valence-electron chi connectivity index (χ2n) is 18.9. The Morgan fingerprint density at radius 3 is 1.11 bits per heavy atom. The minimum atomic E-state index is -3.72. The van der Waals surface area contributed by atoms with E-state index in [1.54, 1.807) is 56.8 Å². The molecule has 4 aromatic heterocycles. The van der Waals surface area contributed by atoms with Crippen LogP contribution in [0.4, 0.5) is 17.3 Å². The number of aromatic hydroxyl groups is 1. The summed E-state index contributed by atoms with van der Waals surface area (Å²) in [4.78, 5) is 32.9. The fourth-order valence-electron chi connectivity index (χ4n) is 6.87. The van der Waals surface area contributed by atoms with E-state index in [1.165, 1.54) is 36.4 Å². The molecule has 0 aliphatic rings. The van der Waals surface area contributed by atoms with E-state index < -0.39 is 20.0 Å². The van der Waals surface area contributed by atoms with Gasteiger partial charge in [0.05, 0.1) is 28.1 Å². The highest BCUT2D eigenvalue weighted by Gasteiger charge is 2.14. The number of primary sulfonamides is 2. The number of sulfonamides is 2. The van der Waals surface area contributed by atoms with Gasteiger partial charge in [-0.1, -0.05) is 78.6 Å². The van der Waals surface area contributed by atoms with Gasteiger partial charge < -0.3 is 35.5 Å². The number of nitrogens with two attached hydrogens (primary N) is 3. The van der Waals surface area contributed by atoms with Crippen LogP contribution < -0.4 is 35.5 Å². The third kappa shape index (κ3) is 24.8. The van der Waals surface area contributed by atoms with E-state index in [4.69, 9.17) is 70.1 Å². The minimum absolute atomic E-state index is 0. The Hall–Kier alpha value is -5.95. The normalized spacial score (nSPS) is 10.9. The van der Waals surface area contributed by atoms with Crippen molar-refractivity contribution in [3.8, 4) is 23.0 Å². The molecule has 21 nitrogen and oxygen atoms in total. The molecule has 4 heterocycles. The minimum Gasteiger partial charge on any atom is -0.506 e. The monoisotopic (exact) mass is 1560 g/mol. The van der Waals surface area contributed by atoms with Gasteiger partial charge >= 0.3 is 0 Å². The molecule has 0 aliphatic heterocycles. The predicted octanol–water partition coefficient (Wildman–Crippen LogP) is 15.6. The molecular weight excluding hydrogens is 1500 g/mol. The summed E-state index contributed by atoms with van der Waals surface area (Å²) in [5.41, 5.74) is 9.09. The van der Waals surface area contributed by atoms with Crippen LogP contribution in [0.25, 0.3) is 43.6 Å². The molecule has 0 bridgehead atoms. The van der Waals surface area contributed by atoms with Crippen molar-refractivity contribution in [3.63, 3.8) is 0 Å². The number of nitrogens with zero attached hydrogens (tertiary/aromatic N) is 8. The smallest absolute Gasteiger partial charge is 0.238 e. The molecule has 10 rings (SSSR count). The van der Waals surface area contributed by atoms with Crippen molar-refractivity contribution in [2.45, 2.75) is 104 Å². The SMILES string of the molecule is C.C.CC(C)O.CC(C)Oc1cc(Br)cc2cnc(Cl)nc12.CC(C)Oc1cc(Br)cc2cnc(Cl)nc12.CC(C)Oc1cc(Br)cc2cnc(Nc3ccc(S(N)(=O)=O)cc3)nc12.Nc1ccc(S(N)(=O)=O)cc1.Oc1cc(Br)cc2cnc(Cl)nc12. The number of hydrogen-bond donors (Lipinski definition) is 6. The van der Waals surface area contributed by atoms with E-state index in [2.05, 4.69) is 109 Å². The van der Waals surface area contributed by atoms with Crippen LogP contribution in [0.2, 0.25) is 15.9 Å². The zero-order valence-corrected chi connectivity index (χ0v) is 57.1. The highest BCUT2D eigenvalue weighted by molar-refractivity contribution is 9.11. The molecule has 30 heteroatoms. The van der Waals surface area contributed by atoms with Gasteiger partial charge in [0.25, 0.3) is 0 Å². The zero-order valence-electron chi connectivity index (χ0n) is 46.9. The quantitative estimate of drug-likeness (QED) is 0.0547. The molecular formula is C58H65Br4Cl3N12O9S2. The van der Waals surface area contributed by atoms with Gasteiger partial charge in [0.15, 0.2) is 0 Å². The first-order valence-electron chi connectivity index (χ1n) is 25.2. The molecule has 0 spiro atoms. The highest BCUT2D eigenvalue weighted by Crippen LogP contribution is 2.33. The van der Waals surface area contributed by atoms with E-state index in [9.17, 15) is 21.9 Å². The predicted molar refractivity (Wildman–Crippen MR) is 367 cm³/mol. The molecule has 0 atom stereocenters. The number of halogens is 7. The lowest BCUT2D eigenvalue weighted by Crippen LogP contribution is -2.11. The number of nitrogens with one attached hydrogen (secondary N) is 1. The Labute approximate surface area is 560 Å². The Kier molecular flexibility index (Phi) is 30.2. The number of aromatic nitrogens is 8. The van der Waals surface area contributed by atoms with Gasteiger partial charge in [-0.05, 0) is 187 Å². The molecule has 0 amide bonds. The van der Waals surface area contributed by atoms with Gasteiger partial charge in [-0.2, -0.15) is 0 Å². The molecule has 10 aromatic rings. The number of nitrogen functional groups attached to an aromatic ring is 1. The topological polar surface area (TPSA) is 330 Å². The molecule has 0 radical (unpaired) electrons. The first-order chi connectivity index (χ1) is 40.2. The van der Waals surface area contributed by atoms with Crippen LogP contribution in [-0.2, 0) is 20.0 Å². The first kappa shape index (κ1) is 76.3. The Morgan fingerprint density at radius 1 is 0.477 bits per heavy atom. The number of fused-ring (bicyclic) bond motifs is 4. The number of phenolic OH excluding ortho intramolecular Hbond substituents is 1. The van der Waals surface area contributed by atoms with Crippen LogP contribution >= 0.6 is 98.5 Å². The summed E-state index contributed by atoms with van der Waals surface area (Å²) in [6.45, 7) is 15.2. The largest absolute Gasteiger partial charge is 0.506 e. The second-order valence-corrected chi connectivity index (χ2v) is 26.7. The fraction of sp³-hybridized carbons (Fsp3) is 0.241. The molecule has 88 heavy (non-hydrogen) atoms. The van der Waals surface area contributed by atoms with Crippen molar-refractivity contribution < 1.29 is 41.3 Å². The van der Waals surface area contributed by atoms with Crippen molar-refractivity contribution in [2.75, 3.05) is 11.1 Å². The van der Waals surface area contributed by atoms with Gasteiger partial charge in [0.2, 0.25) is 41.8 Å². The van der Waals surface area contributed by atoms with E-state index >= 15 is 0 Å². The molecule has 0 unspecified atom stereocenters. The van der Waals surface area contributed by atoms with Gasteiger partial charge in [0, 0.05) is 81.7 Å². The summed E-state index contributed by atoms with van der Waals surface area (Å²) in [5.74, 6) is 2.54. The molecule has 0 aliphatic carbocycles. The van der Waals surface area contributed by atoms with Crippen LogP contribution in [0.1, 0.15) is 70.2 Å². The number of aliphatic hydroxyl groups is 1. The van der Waals surface area contributed by atoms with E-state index in [0.29, 0.717) is 45.6 Å². The Morgan fingerprint density at radius 2 is 0.773 bits per heavy atom. The third-order valence-corrected chi connectivity index (χ3v) is 14.3. The van der Waals surface area contributed by atoms with Crippen LogP contribution in [0.15, 0.2) is 150 Å². The average molecular weight is 1560 g/mol. The van der Waals surface area contributed by atoms with E-state index in [1.807, 2.05) is 84.0 Å². The number of phenols is 1. The molecule has 6 aromatic carbocycles. The van der Waals surface area contributed by atoms with Gasteiger partial charge in [-0.3, -0.25) is 0 Å². The van der Waals surface area contributed by atoms with Crippen LogP contribution in [0, 0.1) is 0 Å². The van der Waals surface area contributed by atoms with Gasteiger partial charge in [-0.15, -0.1) is 0 Å². The summed E-state index contributed by atoms with van der Waals surface area (Å²) >= 11 is 30.7. The van der Waals surface area contributed by atoms with Crippen LogP contribution in [0.3, 0.4) is 0 Å². The average Bonchev–Trinajstić information content (AvgIpc) is 1.04. The number of aliphatic hydroxyl groups excluding tert-OH is 1. The van der Waals surface area contributed by atoms with Crippen molar-refractivity contribution >= 4 is 180 Å². The molecule has 0 saturated heterocycles. The zero-order chi connectivity index (χ0) is 63.8. The van der Waals surface area contributed by atoms with E-state index in [0.717, 1.165) is 50.5 Å². The number of benzene rings is 6. The maximum absolute atomic E-state index is 11.3. The van der Waals surface area contributed by atoms with Crippen LogP contribution in [0.5, 0.6) is 23.0 Å². The number of anilines is 3. The van der Waals surface area contributed by atoms with E-state index in [-0.39, 0.29) is 70.7 Å². The standard InChI is InChI=1S/C17H17BrN4O3S.2C11H10BrClN2O.C8H4BrClN2O.C6H8N2O2S.C3H8O.2CH4/c1-10(2)25-15-8-12(18)7-11-9-20-17(22-16(11)15)21-13-3-5-14(6-4-13)26(19,23)24;2*1-6(2)16-9-4-8(12)3-7-5-14-11(13)15-10(7)9;9-5-1-4-3-11-8(10)12-7(4)6(13)2-5;7-5-1-3-6(4-2-5)11(8,9)10;1-3(2)4;;/h3-10H,1-2H3,(H2,19,23,24)(H,20,21,22);2*3-6H,1-2H3;1-3,13H;1-4H,7H2,(H2,8,9,10);3-4H,1-2H3;2*1H4. The van der Waals surface area contributed by atoms with Gasteiger partial charge in [-0.25, -0.2) is 67.0 Å². The first-order valence-corrected chi connectivity index (χ1v) is 32.6. The van der Waals surface area contributed by atoms with Crippen LogP contribution in [-0.4, -0.2) is 91.3 Å². The number of ether oxygens (including phenoxy) is 3. The Bertz CT molecular complexity index is 4090. The maximum atomic E-state index is 11.3. The lowest BCUT2D eigenvalue weighted by atomic mass is 10.2. The summed E-state index contributed by atoms with van der Waals surface area (Å²) in [6, 6.07) is 26.5.